The molecule has 5 nitrogen and oxygen atoms in total. The highest BCUT2D eigenvalue weighted by Gasteiger charge is 2.20. The van der Waals surface area contributed by atoms with E-state index in [0.717, 1.165) is 12.8 Å². The van der Waals surface area contributed by atoms with Crippen molar-refractivity contribution in [3.05, 3.63) is 28.2 Å². The number of sulfonamides is 1. The summed E-state index contributed by atoms with van der Waals surface area (Å²) in [4.78, 5) is 0.0679. The lowest BCUT2D eigenvalue weighted by Crippen LogP contribution is -2.40. The SMILES string of the molecule is CCCCC(CN)NS(=O)(=O)c1cc(Br)cc(C#N)c1. The first-order valence-electron chi connectivity index (χ1n) is 6.36. The monoisotopic (exact) mass is 359 g/mol. The summed E-state index contributed by atoms with van der Waals surface area (Å²) in [6, 6.07) is 6.03. The molecule has 0 saturated carbocycles. The van der Waals surface area contributed by atoms with E-state index in [0.29, 0.717) is 10.9 Å². The number of hydrogen-bond donors (Lipinski definition) is 2. The van der Waals surface area contributed by atoms with Gasteiger partial charge < -0.3 is 5.73 Å². The van der Waals surface area contributed by atoms with E-state index in [9.17, 15) is 8.42 Å². The van der Waals surface area contributed by atoms with Crippen LogP contribution in [0.1, 0.15) is 31.7 Å². The van der Waals surface area contributed by atoms with Gasteiger partial charge in [-0.15, -0.1) is 0 Å². The predicted molar refractivity (Wildman–Crippen MR) is 81.5 cm³/mol. The van der Waals surface area contributed by atoms with Crippen LogP contribution < -0.4 is 10.5 Å². The van der Waals surface area contributed by atoms with Gasteiger partial charge in [-0.1, -0.05) is 35.7 Å². The Kier molecular flexibility index (Phi) is 6.62. The zero-order chi connectivity index (χ0) is 15.2. The summed E-state index contributed by atoms with van der Waals surface area (Å²) in [5.74, 6) is 0. The number of halogens is 1. The lowest BCUT2D eigenvalue weighted by Gasteiger charge is -2.16. The van der Waals surface area contributed by atoms with Crippen LogP contribution >= 0.6 is 15.9 Å². The number of hydrogen-bond acceptors (Lipinski definition) is 4. The molecular formula is C13H18BrN3O2S. The molecule has 110 valence electrons. The highest BCUT2D eigenvalue weighted by atomic mass is 79.9. The van der Waals surface area contributed by atoms with Gasteiger partial charge in [0.25, 0.3) is 0 Å². The zero-order valence-electron chi connectivity index (χ0n) is 11.3. The molecule has 1 rings (SSSR count). The van der Waals surface area contributed by atoms with Gasteiger partial charge in [0.15, 0.2) is 0 Å². The zero-order valence-corrected chi connectivity index (χ0v) is 13.7. The highest BCUT2D eigenvalue weighted by molar-refractivity contribution is 9.10. The van der Waals surface area contributed by atoms with Gasteiger partial charge in [0.1, 0.15) is 0 Å². The Hall–Kier alpha value is -0.940. The molecule has 1 aromatic rings. The van der Waals surface area contributed by atoms with Crippen LogP contribution in [0.3, 0.4) is 0 Å². The van der Waals surface area contributed by atoms with Crippen LogP contribution in [0.15, 0.2) is 27.6 Å². The molecule has 0 aliphatic carbocycles. The van der Waals surface area contributed by atoms with E-state index < -0.39 is 10.0 Å². The van der Waals surface area contributed by atoms with E-state index in [2.05, 4.69) is 20.7 Å². The number of nitrogens with two attached hydrogens (primary N) is 1. The van der Waals surface area contributed by atoms with E-state index >= 15 is 0 Å². The summed E-state index contributed by atoms with van der Waals surface area (Å²) in [5, 5.41) is 8.89. The van der Waals surface area contributed by atoms with Gasteiger partial charge in [0.05, 0.1) is 16.5 Å². The molecule has 0 aliphatic rings. The fourth-order valence-corrected chi connectivity index (χ4v) is 3.74. The van der Waals surface area contributed by atoms with Crippen LogP contribution in [0, 0.1) is 11.3 Å². The van der Waals surface area contributed by atoms with E-state index in [-0.39, 0.29) is 23.0 Å². The fourth-order valence-electron chi connectivity index (χ4n) is 1.75. The van der Waals surface area contributed by atoms with Crippen LogP contribution in [0.5, 0.6) is 0 Å². The molecule has 1 aromatic carbocycles. The van der Waals surface area contributed by atoms with Crippen molar-refractivity contribution in [1.82, 2.24) is 4.72 Å². The van der Waals surface area contributed by atoms with Gasteiger partial charge in [-0.2, -0.15) is 5.26 Å². The second kappa shape index (κ2) is 7.74. The summed E-state index contributed by atoms with van der Waals surface area (Å²) in [6.45, 7) is 2.29. The van der Waals surface area contributed by atoms with E-state index in [1.54, 1.807) is 6.07 Å². The van der Waals surface area contributed by atoms with Crippen LogP contribution in [-0.4, -0.2) is 21.0 Å². The first-order chi connectivity index (χ1) is 9.42. The molecule has 0 heterocycles. The van der Waals surface area contributed by atoms with Gasteiger partial charge in [0.2, 0.25) is 10.0 Å². The van der Waals surface area contributed by atoms with Gasteiger partial charge in [-0.25, -0.2) is 13.1 Å². The maximum atomic E-state index is 12.3. The molecule has 1 unspecified atom stereocenters. The van der Waals surface area contributed by atoms with Gasteiger partial charge in [0, 0.05) is 17.1 Å². The highest BCUT2D eigenvalue weighted by Crippen LogP contribution is 2.19. The Morgan fingerprint density at radius 1 is 1.45 bits per heavy atom. The second-order valence-corrected chi connectivity index (χ2v) is 7.11. The Bertz CT molecular complexity index is 596. The molecule has 0 saturated heterocycles. The van der Waals surface area contributed by atoms with Crippen molar-refractivity contribution in [2.75, 3.05) is 6.54 Å². The molecule has 0 spiro atoms. The number of nitrogens with zero attached hydrogens (tertiary/aromatic N) is 1. The quantitative estimate of drug-likeness (QED) is 0.778. The largest absolute Gasteiger partial charge is 0.329 e. The standard InChI is InChI=1S/C13H18BrN3O2S/c1-2-3-4-12(9-16)17-20(18,19)13-6-10(8-15)5-11(14)7-13/h5-7,12,17H,2-4,9,16H2,1H3. The minimum absolute atomic E-state index is 0.0679. The molecule has 3 N–H and O–H groups in total. The lowest BCUT2D eigenvalue weighted by atomic mass is 10.1. The first-order valence-corrected chi connectivity index (χ1v) is 8.63. The summed E-state index contributed by atoms with van der Waals surface area (Å²) in [5.41, 5.74) is 5.89. The minimum Gasteiger partial charge on any atom is -0.329 e. The second-order valence-electron chi connectivity index (χ2n) is 4.48. The van der Waals surface area contributed by atoms with Crippen LogP contribution in [0.25, 0.3) is 0 Å². The van der Waals surface area contributed by atoms with E-state index in [4.69, 9.17) is 11.0 Å². The summed E-state index contributed by atoms with van der Waals surface area (Å²) < 4.78 is 27.7. The summed E-state index contributed by atoms with van der Waals surface area (Å²) in [7, 11) is -3.67. The van der Waals surface area contributed by atoms with Crippen LogP contribution in [-0.2, 0) is 10.0 Å². The number of nitrogens with one attached hydrogen (secondary N) is 1. The van der Waals surface area contributed by atoms with Gasteiger partial charge >= 0.3 is 0 Å². The van der Waals surface area contributed by atoms with Crippen molar-refractivity contribution < 1.29 is 8.42 Å². The number of nitriles is 1. The van der Waals surface area contributed by atoms with Crippen molar-refractivity contribution >= 4 is 26.0 Å². The molecular weight excluding hydrogens is 342 g/mol. The maximum Gasteiger partial charge on any atom is 0.240 e. The van der Waals surface area contributed by atoms with Crippen molar-refractivity contribution in [2.24, 2.45) is 5.73 Å². The molecule has 7 heteroatoms. The van der Waals surface area contributed by atoms with Crippen LogP contribution in [0.4, 0.5) is 0 Å². The Morgan fingerprint density at radius 2 is 2.15 bits per heavy atom. The summed E-state index contributed by atoms with van der Waals surface area (Å²) in [6.07, 6.45) is 2.59. The minimum atomic E-state index is -3.67. The van der Waals surface area contributed by atoms with E-state index in [1.807, 2.05) is 13.0 Å². The topological polar surface area (TPSA) is 96.0 Å². The van der Waals surface area contributed by atoms with Gasteiger partial charge in [-0.05, 0) is 24.6 Å². The average molecular weight is 360 g/mol. The van der Waals surface area contributed by atoms with Crippen molar-refractivity contribution in [2.45, 2.75) is 37.1 Å². The third-order valence-corrected chi connectivity index (χ3v) is 4.78. The van der Waals surface area contributed by atoms with Crippen molar-refractivity contribution in [3.8, 4) is 6.07 Å². The Labute approximate surface area is 128 Å². The third-order valence-electron chi connectivity index (χ3n) is 2.82. The number of benzene rings is 1. The first kappa shape index (κ1) is 17.1. The predicted octanol–water partition coefficient (Wildman–Crippen LogP) is 2.12. The molecule has 20 heavy (non-hydrogen) atoms. The molecule has 0 fully saturated rings. The van der Waals surface area contributed by atoms with E-state index in [1.165, 1.54) is 12.1 Å². The molecule has 0 amide bonds. The van der Waals surface area contributed by atoms with Crippen molar-refractivity contribution in [3.63, 3.8) is 0 Å². The molecule has 0 aromatic heterocycles. The number of unbranched alkanes of at least 4 members (excludes halogenated alkanes) is 1. The molecule has 0 radical (unpaired) electrons. The summed E-state index contributed by atoms with van der Waals surface area (Å²) >= 11 is 3.20. The fraction of sp³-hybridized carbons (Fsp3) is 0.462. The van der Waals surface area contributed by atoms with Gasteiger partial charge in [-0.3, -0.25) is 0 Å². The maximum absolute atomic E-state index is 12.3. The van der Waals surface area contributed by atoms with Crippen molar-refractivity contribution in [1.29, 1.82) is 5.26 Å². The Morgan fingerprint density at radius 3 is 2.70 bits per heavy atom. The van der Waals surface area contributed by atoms with Crippen LogP contribution in [0.2, 0.25) is 0 Å². The molecule has 0 aliphatic heterocycles. The smallest absolute Gasteiger partial charge is 0.240 e. The Balaban J connectivity index is 2.98. The average Bonchev–Trinajstić information content (AvgIpc) is 2.42. The third kappa shape index (κ3) is 4.87. The number of rotatable bonds is 7. The molecule has 1 atom stereocenters. The normalized spacial score (nSPS) is 12.9. The molecule has 0 bridgehead atoms. The lowest BCUT2D eigenvalue weighted by molar-refractivity contribution is 0.516.